The Morgan fingerprint density at radius 1 is 1.07 bits per heavy atom. The maximum atomic E-state index is 12.2. The Balaban J connectivity index is 1.58. The van der Waals surface area contributed by atoms with Crippen LogP contribution in [0.5, 0.6) is 0 Å². The van der Waals surface area contributed by atoms with Crippen molar-refractivity contribution in [3.05, 3.63) is 76.6 Å². The predicted molar refractivity (Wildman–Crippen MR) is 105 cm³/mol. The monoisotopic (exact) mass is 400 g/mol. The van der Waals surface area contributed by atoms with Crippen molar-refractivity contribution < 1.29 is 9.59 Å². The van der Waals surface area contributed by atoms with E-state index >= 15 is 0 Å². The van der Waals surface area contributed by atoms with Crippen molar-refractivity contribution >= 4 is 35.1 Å². The number of ketones is 1. The number of benzene rings is 2. The van der Waals surface area contributed by atoms with E-state index in [0.717, 1.165) is 0 Å². The Morgan fingerprint density at radius 2 is 1.78 bits per heavy atom. The van der Waals surface area contributed by atoms with Gasteiger partial charge in [-0.05, 0) is 12.1 Å². The molecule has 0 atom stereocenters. The van der Waals surface area contributed by atoms with Crippen LogP contribution in [0, 0.1) is 0 Å². The van der Waals surface area contributed by atoms with E-state index in [-0.39, 0.29) is 24.0 Å². The van der Waals surface area contributed by atoms with Crippen LogP contribution in [0.3, 0.4) is 0 Å². The summed E-state index contributed by atoms with van der Waals surface area (Å²) < 4.78 is 1.76. The second-order valence-corrected chi connectivity index (χ2v) is 7.05. The standard InChI is InChI=1S/C19H17ClN4O2S/c1-24-17(11-21-18(26)14-9-5-6-10-15(14)20)22-23-19(24)27-12-16(25)13-7-3-2-4-8-13/h2-10H,11-12H2,1H3,(H,21,26). The van der Waals surface area contributed by atoms with Crippen molar-refractivity contribution in [2.75, 3.05) is 5.75 Å². The summed E-state index contributed by atoms with van der Waals surface area (Å²) in [7, 11) is 1.80. The van der Waals surface area contributed by atoms with Crippen molar-refractivity contribution in [3.8, 4) is 0 Å². The van der Waals surface area contributed by atoms with E-state index in [1.54, 1.807) is 48.0 Å². The van der Waals surface area contributed by atoms with Crippen LogP contribution in [-0.2, 0) is 13.6 Å². The minimum atomic E-state index is -0.281. The zero-order valence-electron chi connectivity index (χ0n) is 14.6. The fourth-order valence-electron chi connectivity index (χ4n) is 2.36. The van der Waals surface area contributed by atoms with Crippen LogP contribution in [0.1, 0.15) is 26.5 Å². The van der Waals surface area contributed by atoms with Crippen LogP contribution in [-0.4, -0.2) is 32.2 Å². The summed E-state index contributed by atoms with van der Waals surface area (Å²) >= 11 is 7.34. The van der Waals surface area contributed by atoms with Gasteiger partial charge in [0.2, 0.25) is 0 Å². The quantitative estimate of drug-likeness (QED) is 0.486. The molecule has 2 aromatic carbocycles. The molecule has 3 rings (SSSR count). The lowest BCUT2D eigenvalue weighted by Crippen LogP contribution is -2.24. The number of hydrogen-bond acceptors (Lipinski definition) is 5. The van der Waals surface area contributed by atoms with Gasteiger partial charge >= 0.3 is 0 Å². The Morgan fingerprint density at radius 3 is 2.52 bits per heavy atom. The van der Waals surface area contributed by atoms with E-state index < -0.39 is 0 Å². The lowest BCUT2D eigenvalue weighted by Gasteiger charge is -2.07. The van der Waals surface area contributed by atoms with E-state index in [9.17, 15) is 9.59 Å². The topological polar surface area (TPSA) is 76.9 Å². The van der Waals surface area contributed by atoms with Gasteiger partial charge in [0.15, 0.2) is 16.8 Å². The van der Waals surface area contributed by atoms with Crippen molar-refractivity contribution in [1.82, 2.24) is 20.1 Å². The number of amides is 1. The van der Waals surface area contributed by atoms with Gasteiger partial charge in [-0.2, -0.15) is 0 Å². The van der Waals surface area contributed by atoms with E-state index in [1.165, 1.54) is 11.8 Å². The van der Waals surface area contributed by atoms with Crippen LogP contribution in [0.15, 0.2) is 59.8 Å². The van der Waals surface area contributed by atoms with Crippen LogP contribution in [0.25, 0.3) is 0 Å². The first kappa shape index (κ1) is 19.1. The average molecular weight is 401 g/mol. The molecule has 8 heteroatoms. The highest BCUT2D eigenvalue weighted by Gasteiger charge is 2.14. The minimum absolute atomic E-state index is 0.0252. The van der Waals surface area contributed by atoms with Gasteiger partial charge < -0.3 is 9.88 Å². The van der Waals surface area contributed by atoms with Gasteiger partial charge in [-0.1, -0.05) is 65.8 Å². The Hall–Kier alpha value is -2.64. The summed E-state index contributed by atoms with van der Waals surface area (Å²) in [6.45, 7) is 0.209. The first-order chi connectivity index (χ1) is 13.1. The summed E-state index contributed by atoms with van der Waals surface area (Å²) in [6, 6.07) is 16.0. The van der Waals surface area contributed by atoms with Crippen molar-refractivity contribution in [2.45, 2.75) is 11.7 Å². The zero-order chi connectivity index (χ0) is 19.2. The fourth-order valence-corrected chi connectivity index (χ4v) is 3.41. The molecule has 0 saturated carbocycles. The van der Waals surface area contributed by atoms with E-state index in [0.29, 0.717) is 27.1 Å². The number of hydrogen-bond donors (Lipinski definition) is 1. The highest BCUT2D eigenvalue weighted by molar-refractivity contribution is 7.99. The molecule has 1 heterocycles. The maximum absolute atomic E-state index is 12.2. The molecular weight excluding hydrogens is 384 g/mol. The van der Waals surface area contributed by atoms with Crippen LogP contribution < -0.4 is 5.32 Å². The third-order valence-corrected chi connectivity index (χ3v) is 5.23. The molecule has 6 nitrogen and oxygen atoms in total. The van der Waals surface area contributed by atoms with Crippen molar-refractivity contribution in [1.29, 1.82) is 0 Å². The van der Waals surface area contributed by atoms with Gasteiger partial charge in [0.05, 0.1) is 22.9 Å². The van der Waals surface area contributed by atoms with Crippen molar-refractivity contribution in [2.24, 2.45) is 7.05 Å². The maximum Gasteiger partial charge on any atom is 0.253 e. The van der Waals surface area contributed by atoms with E-state index in [1.807, 2.05) is 18.2 Å². The van der Waals surface area contributed by atoms with Gasteiger partial charge in [-0.3, -0.25) is 9.59 Å². The number of rotatable bonds is 7. The normalized spacial score (nSPS) is 10.6. The summed E-state index contributed by atoms with van der Waals surface area (Å²) in [5, 5.41) is 12.0. The third kappa shape index (κ3) is 4.75. The summed E-state index contributed by atoms with van der Waals surface area (Å²) in [4.78, 5) is 24.4. The lowest BCUT2D eigenvalue weighted by molar-refractivity contribution is 0.0949. The molecule has 0 unspecified atom stereocenters. The Kier molecular flexibility index (Phi) is 6.26. The largest absolute Gasteiger partial charge is 0.345 e. The van der Waals surface area contributed by atoms with Crippen LogP contribution >= 0.6 is 23.4 Å². The number of nitrogens with zero attached hydrogens (tertiary/aromatic N) is 3. The minimum Gasteiger partial charge on any atom is -0.345 e. The van der Waals surface area contributed by atoms with Crippen molar-refractivity contribution in [3.63, 3.8) is 0 Å². The summed E-state index contributed by atoms with van der Waals surface area (Å²) in [6.07, 6.45) is 0. The molecule has 0 fully saturated rings. The number of halogens is 1. The molecule has 1 N–H and O–H groups in total. The predicted octanol–water partition coefficient (Wildman–Crippen LogP) is 3.37. The summed E-state index contributed by atoms with van der Waals surface area (Å²) in [5.41, 5.74) is 1.07. The first-order valence-corrected chi connectivity index (χ1v) is 9.54. The number of carbonyl (C=O) groups excluding carboxylic acids is 2. The van der Waals surface area contributed by atoms with Crippen LogP contribution in [0.4, 0.5) is 0 Å². The van der Waals surface area contributed by atoms with Crippen LogP contribution in [0.2, 0.25) is 5.02 Å². The Bertz CT molecular complexity index is 959. The van der Waals surface area contributed by atoms with Gasteiger partial charge in [-0.15, -0.1) is 10.2 Å². The highest BCUT2D eigenvalue weighted by atomic mass is 35.5. The molecule has 138 valence electrons. The molecule has 1 amide bonds. The molecule has 0 aliphatic heterocycles. The van der Waals surface area contributed by atoms with E-state index in [2.05, 4.69) is 15.5 Å². The molecule has 1 aromatic heterocycles. The second-order valence-electron chi connectivity index (χ2n) is 5.70. The fraction of sp³-hybridized carbons (Fsp3) is 0.158. The van der Waals surface area contributed by atoms with Gasteiger partial charge in [0, 0.05) is 12.6 Å². The molecule has 0 bridgehead atoms. The Labute approximate surface area is 165 Å². The molecule has 3 aromatic rings. The molecular formula is C19H17ClN4O2S. The summed E-state index contributed by atoms with van der Waals surface area (Å²) in [5.74, 6) is 0.599. The van der Waals surface area contributed by atoms with Gasteiger partial charge in [0.1, 0.15) is 0 Å². The first-order valence-electron chi connectivity index (χ1n) is 8.18. The number of aromatic nitrogens is 3. The number of carbonyl (C=O) groups is 2. The number of thioether (sulfide) groups is 1. The van der Waals surface area contributed by atoms with E-state index in [4.69, 9.17) is 11.6 Å². The second kappa shape index (κ2) is 8.83. The molecule has 0 aliphatic rings. The molecule has 27 heavy (non-hydrogen) atoms. The van der Waals surface area contributed by atoms with Gasteiger partial charge in [-0.25, -0.2) is 0 Å². The zero-order valence-corrected chi connectivity index (χ0v) is 16.1. The molecule has 0 saturated heterocycles. The average Bonchev–Trinajstić information content (AvgIpc) is 3.05. The molecule has 0 spiro atoms. The third-order valence-electron chi connectivity index (χ3n) is 3.88. The SMILES string of the molecule is Cn1c(CNC(=O)c2ccccc2Cl)nnc1SCC(=O)c1ccccc1. The smallest absolute Gasteiger partial charge is 0.253 e. The number of nitrogens with one attached hydrogen (secondary N) is 1. The molecule has 0 radical (unpaired) electrons. The lowest BCUT2D eigenvalue weighted by atomic mass is 10.2. The number of Topliss-reactive ketones (excluding diaryl/α,β-unsaturated/α-hetero) is 1. The highest BCUT2D eigenvalue weighted by Crippen LogP contribution is 2.18. The van der Waals surface area contributed by atoms with Gasteiger partial charge in [0.25, 0.3) is 5.91 Å². The molecule has 0 aliphatic carbocycles.